The number of carbonyl (C=O) groups excluding carboxylic acids is 1. The van der Waals surface area contributed by atoms with E-state index in [1.807, 2.05) is 6.07 Å². The summed E-state index contributed by atoms with van der Waals surface area (Å²) in [4.78, 5) is 15.7. The zero-order valence-corrected chi connectivity index (χ0v) is 10.1. The lowest BCUT2D eigenvalue weighted by Gasteiger charge is -2.08. The lowest BCUT2D eigenvalue weighted by Crippen LogP contribution is -2.26. The summed E-state index contributed by atoms with van der Waals surface area (Å²) >= 11 is 0. The van der Waals surface area contributed by atoms with Crippen LogP contribution < -0.4 is 5.32 Å². The van der Waals surface area contributed by atoms with Gasteiger partial charge in [-0.25, -0.2) is 4.98 Å². The highest BCUT2D eigenvalue weighted by Crippen LogP contribution is 2.15. The van der Waals surface area contributed by atoms with Crippen molar-refractivity contribution in [2.75, 3.05) is 19.8 Å². The predicted molar refractivity (Wildman–Crippen MR) is 64.8 cm³/mol. The maximum Gasteiger partial charge on any atom is 0.269 e. The maximum atomic E-state index is 11.7. The van der Waals surface area contributed by atoms with Crippen LogP contribution in [0.2, 0.25) is 0 Å². The Labute approximate surface area is 106 Å². The molecule has 5 heteroatoms. The van der Waals surface area contributed by atoms with Crippen LogP contribution in [0.5, 0.6) is 0 Å². The van der Waals surface area contributed by atoms with Gasteiger partial charge in [-0.1, -0.05) is 0 Å². The van der Waals surface area contributed by atoms with Gasteiger partial charge in [0.25, 0.3) is 5.91 Å². The van der Waals surface area contributed by atoms with Crippen molar-refractivity contribution in [2.24, 2.45) is 5.92 Å². The van der Waals surface area contributed by atoms with Gasteiger partial charge in [-0.2, -0.15) is 5.26 Å². The van der Waals surface area contributed by atoms with Crippen molar-refractivity contribution >= 4 is 5.91 Å². The Balaban J connectivity index is 1.78. The highest BCUT2D eigenvalue weighted by Gasteiger charge is 2.15. The number of nitriles is 1. The molecule has 1 atom stereocenters. The molecule has 0 radical (unpaired) electrons. The van der Waals surface area contributed by atoms with Gasteiger partial charge in [-0.3, -0.25) is 4.79 Å². The second-order valence-corrected chi connectivity index (χ2v) is 4.32. The molecule has 2 rings (SSSR count). The molecular weight excluding hydrogens is 230 g/mol. The topological polar surface area (TPSA) is 75.0 Å². The third-order valence-corrected chi connectivity index (χ3v) is 2.99. The molecule has 5 nitrogen and oxygen atoms in total. The minimum Gasteiger partial charge on any atom is -0.381 e. The quantitative estimate of drug-likeness (QED) is 0.862. The molecule has 1 amide bonds. The molecule has 94 valence electrons. The number of hydrogen-bond acceptors (Lipinski definition) is 4. The SMILES string of the molecule is N#Cc1ccc(C(=O)NCCC2CCOC2)nc1. The van der Waals surface area contributed by atoms with E-state index in [-0.39, 0.29) is 5.91 Å². The molecule has 1 aromatic rings. The highest BCUT2D eigenvalue weighted by atomic mass is 16.5. The molecule has 1 saturated heterocycles. The van der Waals surface area contributed by atoms with Crippen molar-refractivity contribution in [1.29, 1.82) is 5.26 Å². The normalized spacial score (nSPS) is 18.3. The Morgan fingerprint density at radius 3 is 3.11 bits per heavy atom. The standard InChI is InChI=1S/C13H15N3O2/c14-7-11-1-2-12(16-8-11)13(17)15-5-3-10-4-6-18-9-10/h1-2,8,10H,3-6,9H2,(H,15,17). The molecule has 1 unspecified atom stereocenters. The number of carbonyl (C=O) groups is 1. The van der Waals surface area contributed by atoms with E-state index in [0.29, 0.717) is 23.7 Å². The number of amides is 1. The van der Waals surface area contributed by atoms with E-state index in [2.05, 4.69) is 10.3 Å². The van der Waals surface area contributed by atoms with Crippen LogP contribution in [-0.4, -0.2) is 30.6 Å². The third kappa shape index (κ3) is 3.28. The van der Waals surface area contributed by atoms with E-state index < -0.39 is 0 Å². The first kappa shape index (κ1) is 12.5. The van der Waals surface area contributed by atoms with Crippen LogP contribution in [-0.2, 0) is 4.74 Å². The Morgan fingerprint density at radius 1 is 1.61 bits per heavy atom. The zero-order chi connectivity index (χ0) is 12.8. The third-order valence-electron chi connectivity index (χ3n) is 2.99. The lowest BCUT2D eigenvalue weighted by atomic mass is 10.1. The predicted octanol–water partition coefficient (Wildman–Crippen LogP) is 1.11. The number of nitrogens with one attached hydrogen (secondary N) is 1. The van der Waals surface area contributed by atoms with Crippen molar-refractivity contribution < 1.29 is 9.53 Å². The Hall–Kier alpha value is -1.93. The number of pyridine rings is 1. The monoisotopic (exact) mass is 245 g/mol. The van der Waals surface area contributed by atoms with Gasteiger partial charge in [0.1, 0.15) is 11.8 Å². The van der Waals surface area contributed by atoms with E-state index in [1.165, 1.54) is 6.20 Å². The van der Waals surface area contributed by atoms with Crippen LogP contribution in [0.3, 0.4) is 0 Å². The molecule has 0 bridgehead atoms. The smallest absolute Gasteiger partial charge is 0.269 e. The fourth-order valence-electron chi connectivity index (χ4n) is 1.89. The largest absolute Gasteiger partial charge is 0.381 e. The van der Waals surface area contributed by atoms with Crippen LogP contribution in [0, 0.1) is 17.2 Å². The van der Waals surface area contributed by atoms with Gasteiger partial charge in [0.15, 0.2) is 0 Å². The second kappa shape index (κ2) is 6.12. The summed E-state index contributed by atoms with van der Waals surface area (Å²) in [6.07, 6.45) is 3.41. The molecule has 0 aromatic carbocycles. The molecule has 0 saturated carbocycles. The maximum absolute atomic E-state index is 11.7. The lowest BCUT2D eigenvalue weighted by molar-refractivity contribution is 0.0945. The Bertz CT molecular complexity index is 444. The summed E-state index contributed by atoms with van der Waals surface area (Å²) < 4.78 is 5.27. The second-order valence-electron chi connectivity index (χ2n) is 4.32. The fourth-order valence-corrected chi connectivity index (χ4v) is 1.89. The highest BCUT2D eigenvalue weighted by molar-refractivity contribution is 5.92. The van der Waals surface area contributed by atoms with Gasteiger partial charge in [0, 0.05) is 26.0 Å². The number of hydrogen-bond donors (Lipinski definition) is 1. The summed E-state index contributed by atoms with van der Waals surface area (Å²) in [5.41, 5.74) is 0.798. The van der Waals surface area contributed by atoms with E-state index >= 15 is 0 Å². The summed E-state index contributed by atoms with van der Waals surface area (Å²) in [6, 6.07) is 5.12. The number of nitrogens with zero attached hydrogens (tertiary/aromatic N) is 2. The fraction of sp³-hybridized carbons (Fsp3) is 0.462. The van der Waals surface area contributed by atoms with Crippen molar-refractivity contribution in [2.45, 2.75) is 12.8 Å². The van der Waals surface area contributed by atoms with E-state index in [1.54, 1.807) is 12.1 Å². The molecule has 1 aliphatic heterocycles. The molecule has 0 aliphatic carbocycles. The average Bonchev–Trinajstić information content (AvgIpc) is 2.92. The molecule has 1 N–H and O–H groups in total. The summed E-state index contributed by atoms with van der Waals surface area (Å²) in [7, 11) is 0. The van der Waals surface area contributed by atoms with Crippen LogP contribution in [0.25, 0.3) is 0 Å². The van der Waals surface area contributed by atoms with Crippen LogP contribution >= 0.6 is 0 Å². The van der Waals surface area contributed by atoms with Gasteiger partial charge in [0.2, 0.25) is 0 Å². The minimum atomic E-state index is -0.196. The molecule has 18 heavy (non-hydrogen) atoms. The van der Waals surface area contributed by atoms with Crippen molar-refractivity contribution in [1.82, 2.24) is 10.3 Å². The number of ether oxygens (including phenoxy) is 1. The molecule has 1 fully saturated rings. The molecule has 2 heterocycles. The minimum absolute atomic E-state index is 0.196. The van der Waals surface area contributed by atoms with Gasteiger partial charge < -0.3 is 10.1 Å². The average molecular weight is 245 g/mol. The van der Waals surface area contributed by atoms with E-state index in [4.69, 9.17) is 10.00 Å². The first-order valence-electron chi connectivity index (χ1n) is 6.01. The zero-order valence-electron chi connectivity index (χ0n) is 10.1. The van der Waals surface area contributed by atoms with Gasteiger partial charge in [-0.05, 0) is 30.9 Å². The van der Waals surface area contributed by atoms with Gasteiger partial charge >= 0.3 is 0 Å². The molecule has 1 aromatic heterocycles. The number of aromatic nitrogens is 1. The molecular formula is C13H15N3O2. The summed E-state index contributed by atoms with van der Waals surface area (Å²) in [5, 5.41) is 11.5. The Morgan fingerprint density at radius 2 is 2.50 bits per heavy atom. The van der Waals surface area contributed by atoms with Crippen molar-refractivity contribution in [3.8, 4) is 6.07 Å². The van der Waals surface area contributed by atoms with Crippen molar-refractivity contribution in [3.63, 3.8) is 0 Å². The summed E-state index contributed by atoms with van der Waals surface area (Å²) in [5.74, 6) is 0.359. The van der Waals surface area contributed by atoms with Crippen LogP contribution in [0.1, 0.15) is 28.9 Å². The Kier molecular flexibility index (Phi) is 4.26. The first-order chi connectivity index (χ1) is 8.79. The van der Waals surface area contributed by atoms with Crippen LogP contribution in [0.15, 0.2) is 18.3 Å². The van der Waals surface area contributed by atoms with E-state index in [0.717, 1.165) is 26.1 Å². The first-order valence-corrected chi connectivity index (χ1v) is 6.01. The van der Waals surface area contributed by atoms with Gasteiger partial charge in [0.05, 0.1) is 5.56 Å². The molecule has 0 spiro atoms. The van der Waals surface area contributed by atoms with Gasteiger partial charge in [-0.15, -0.1) is 0 Å². The van der Waals surface area contributed by atoms with Crippen molar-refractivity contribution in [3.05, 3.63) is 29.6 Å². The molecule has 1 aliphatic rings. The van der Waals surface area contributed by atoms with E-state index in [9.17, 15) is 4.79 Å². The number of rotatable bonds is 4. The summed E-state index contributed by atoms with van der Waals surface area (Å²) in [6.45, 7) is 2.26. The van der Waals surface area contributed by atoms with Crippen LogP contribution in [0.4, 0.5) is 0 Å².